The molecule has 0 saturated carbocycles. The van der Waals surface area contributed by atoms with Gasteiger partial charge in [-0.2, -0.15) is 0 Å². The molecule has 0 spiro atoms. The van der Waals surface area contributed by atoms with E-state index >= 15 is 0 Å². The van der Waals surface area contributed by atoms with Gasteiger partial charge in [-0.15, -0.1) is 0 Å². The highest BCUT2D eigenvalue weighted by Crippen LogP contribution is 2.55. The Labute approximate surface area is 327 Å². The summed E-state index contributed by atoms with van der Waals surface area (Å²) in [6.45, 7) is 0. The zero-order chi connectivity index (χ0) is 37.3. The van der Waals surface area contributed by atoms with Gasteiger partial charge < -0.3 is 4.74 Å². The van der Waals surface area contributed by atoms with E-state index < -0.39 is 5.41 Å². The van der Waals surface area contributed by atoms with Gasteiger partial charge >= 0.3 is 0 Å². The Morgan fingerprint density at radius 2 is 0.732 bits per heavy atom. The maximum atomic E-state index is 6.51. The smallest absolute Gasteiger partial charge is 0.160 e. The molecule has 0 amide bonds. The van der Waals surface area contributed by atoms with E-state index in [-0.39, 0.29) is 0 Å². The molecule has 0 fully saturated rings. The van der Waals surface area contributed by atoms with Crippen LogP contribution >= 0.6 is 0 Å². The van der Waals surface area contributed by atoms with Crippen molar-refractivity contribution in [3.8, 4) is 67.7 Å². The van der Waals surface area contributed by atoms with Gasteiger partial charge in [0.15, 0.2) is 5.82 Å². The molecular weight excluding hydrogens is 681 g/mol. The van der Waals surface area contributed by atoms with Crippen LogP contribution < -0.4 is 4.74 Å². The lowest BCUT2D eigenvalue weighted by molar-refractivity contribution is 0.434. The second-order valence-electron chi connectivity index (χ2n) is 14.1. The Kier molecular flexibility index (Phi) is 8.38. The van der Waals surface area contributed by atoms with Gasteiger partial charge in [0.05, 0.1) is 16.8 Å². The molecule has 0 radical (unpaired) electrons. The molecule has 1 aliphatic rings. The van der Waals surface area contributed by atoms with Crippen molar-refractivity contribution in [3.63, 3.8) is 0 Å². The van der Waals surface area contributed by atoms with E-state index in [1.165, 1.54) is 11.1 Å². The number of rotatable bonds is 7. The summed E-state index contributed by atoms with van der Waals surface area (Å²) >= 11 is 0. The van der Waals surface area contributed by atoms with Gasteiger partial charge in [-0.1, -0.05) is 188 Å². The van der Waals surface area contributed by atoms with Crippen molar-refractivity contribution >= 4 is 0 Å². The van der Waals surface area contributed by atoms with Crippen LogP contribution in [-0.4, -0.2) is 9.97 Å². The highest BCUT2D eigenvalue weighted by atomic mass is 16.5. The zero-order valence-corrected chi connectivity index (χ0v) is 30.6. The molecule has 3 heteroatoms. The molecule has 8 aromatic carbocycles. The van der Waals surface area contributed by atoms with Crippen LogP contribution in [0.15, 0.2) is 218 Å². The molecule has 0 N–H and O–H groups in total. The Bertz CT molecular complexity index is 2710. The normalized spacial score (nSPS) is 12.6. The lowest BCUT2D eigenvalue weighted by Crippen LogP contribution is -2.34. The summed E-state index contributed by atoms with van der Waals surface area (Å²) in [5.74, 6) is 2.46. The standard InChI is InChI=1S/C53H36N2O/c1-4-16-38(17-5-1)48-36-49(55-52(54-48)39-18-6-2-7-19-39)43-23-15-22-42(35-43)41-21-14-20-40(34-41)37-30-32-45(33-31-37)53(44-24-8-3-9-25-44)46-26-10-12-28-50(46)56-51-29-13-11-27-47(51)53/h1-36H. The van der Waals surface area contributed by atoms with Gasteiger partial charge in [0.1, 0.15) is 11.5 Å². The maximum Gasteiger partial charge on any atom is 0.160 e. The first kappa shape index (κ1) is 33.2. The molecule has 0 saturated heterocycles. The largest absolute Gasteiger partial charge is 0.457 e. The summed E-state index contributed by atoms with van der Waals surface area (Å²) in [5, 5.41) is 0. The van der Waals surface area contributed by atoms with Crippen molar-refractivity contribution in [2.24, 2.45) is 0 Å². The zero-order valence-electron chi connectivity index (χ0n) is 30.6. The number of benzene rings is 8. The SMILES string of the molecule is c1ccc(-c2cc(-c3cccc(-c4cccc(-c5ccc(C6(c7ccccc7)c7ccccc7Oc7ccccc76)cc5)c4)c3)nc(-c3ccccc3)n2)cc1. The fourth-order valence-corrected chi connectivity index (χ4v) is 8.19. The van der Waals surface area contributed by atoms with E-state index in [4.69, 9.17) is 14.7 Å². The predicted molar refractivity (Wildman–Crippen MR) is 228 cm³/mol. The van der Waals surface area contributed by atoms with Crippen molar-refractivity contribution < 1.29 is 4.74 Å². The fraction of sp³-hybridized carbons (Fsp3) is 0.0189. The lowest BCUT2D eigenvalue weighted by Gasteiger charge is -2.41. The van der Waals surface area contributed by atoms with Gasteiger partial charge in [0.2, 0.25) is 0 Å². The maximum absolute atomic E-state index is 6.51. The number of para-hydroxylation sites is 2. The van der Waals surface area contributed by atoms with E-state index in [0.717, 1.165) is 73.0 Å². The first-order valence-electron chi connectivity index (χ1n) is 19.0. The van der Waals surface area contributed by atoms with Crippen molar-refractivity contribution in [2.45, 2.75) is 5.41 Å². The molecule has 0 bridgehead atoms. The van der Waals surface area contributed by atoms with Crippen molar-refractivity contribution in [3.05, 3.63) is 241 Å². The van der Waals surface area contributed by atoms with Crippen molar-refractivity contribution in [1.29, 1.82) is 0 Å². The number of fused-ring (bicyclic) bond motifs is 2. The number of nitrogens with zero attached hydrogens (tertiary/aromatic N) is 2. The van der Waals surface area contributed by atoms with E-state index in [2.05, 4.69) is 170 Å². The van der Waals surface area contributed by atoms with Crippen LogP contribution in [0.1, 0.15) is 22.3 Å². The van der Waals surface area contributed by atoms with Crippen LogP contribution in [0.3, 0.4) is 0 Å². The second kappa shape index (κ2) is 14.1. The van der Waals surface area contributed by atoms with Gasteiger partial charge in [0, 0.05) is 27.8 Å². The highest BCUT2D eigenvalue weighted by Gasteiger charge is 2.45. The monoisotopic (exact) mass is 716 g/mol. The second-order valence-corrected chi connectivity index (χ2v) is 14.1. The summed E-state index contributed by atoms with van der Waals surface area (Å²) in [7, 11) is 0. The van der Waals surface area contributed by atoms with Gasteiger partial charge in [-0.3, -0.25) is 0 Å². The molecular formula is C53H36N2O. The Hall–Kier alpha value is -7.36. The third-order valence-corrected chi connectivity index (χ3v) is 10.8. The number of aromatic nitrogens is 2. The molecule has 0 unspecified atom stereocenters. The fourth-order valence-electron chi connectivity index (χ4n) is 8.19. The quantitative estimate of drug-likeness (QED) is 0.165. The molecule has 10 rings (SSSR count). The molecule has 0 aliphatic carbocycles. The average molecular weight is 717 g/mol. The summed E-state index contributed by atoms with van der Waals surface area (Å²) in [5.41, 5.74) is 13.5. The first-order valence-corrected chi connectivity index (χ1v) is 19.0. The Morgan fingerprint density at radius 1 is 0.304 bits per heavy atom. The van der Waals surface area contributed by atoms with E-state index in [0.29, 0.717) is 5.82 Å². The molecule has 1 aliphatic heterocycles. The number of ether oxygens (including phenoxy) is 1. The molecule has 9 aromatic rings. The number of hydrogen-bond donors (Lipinski definition) is 0. The average Bonchev–Trinajstić information content (AvgIpc) is 3.29. The van der Waals surface area contributed by atoms with Crippen LogP contribution in [-0.2, 0) is 5.41 Å². The van der Waals surface area contributed by atoms with E-state index in [1.54, 1.807) is 0 Å². The lowest BCUT2D eigenvalue weighted by atomic mass is 9.63. The molecule has 264 valence electrons. The topological polar surface area (TPSA) is 35.0 Å². The van der Waals surface area contributed by atoms with Crippen molar-refractivity contribution in [1.82, 2.24) is 9.97 Å². The minimum atomic E-state index is -0.546. The first-order chi connectivity index (χ1) is 27.7. The van der Waals surface area contributed by atoms with Crippen LogP contribution in [0.5, 0.6) is 11.5 Å². The van der Waals surface area contributed by atoms with Crippen LogP contribution in [0.2, 0.25) is 0 Å². The summed E-state index contributed by atoms with van der Waals surface area (Å²) in [4.78, 5) is 10.1. The number of hydrogen-bond acceptors (Lipinski definition) is 3. The summed E-state index contributed by atoms with van der Waals surface area (Å²) in [6, 6.07) is 76.8. The van der Waals surface area contributed by atoms with Gasteiger partial charge in [-0.05, 0) is 63.7 Å². The van der Waals surface area contributed by atoms with Crippen LogP contribution in [0.4, 0.5) is 0 Å². The molecule has 56 heavy (non-hydrogen) atoms. The van der Waals surface area contributed by atoms with Crippen molar-refractivity contribution in [2.75, 3.05) is 0 Å². The molecule has 2 heterocycles. The molecule has 3 nitrogen and oxygen atoms in total. The minimum Gasteiger partial charge on any atom is -0.457 e. The third kappa shape index (κ3) is 5.87. The third-order valence-electron chi connectivity index (χ3n) is 10.8. The summed E-state index contributed by atoms with van der Waals surface area (Å²) in [6.07, 6.45) is 0. The Balaban J connectivity index is 1.03. The predicted octanol–water partition coefficient (Wildman–Crippen LogP) is 13.3. The van der Waals surface area contributed by atoms with Gasteiger partial charge in [-0.25, -0.2) is 9.97 Å². The van der Waals surface area contributed by atoms with Gasteiger partial charge in [0.25, 0.3) is 0 Å². The van der Waals surface area contributed by atoms with E-state index in [9.17, 15) is 0 Å². The summed E-state index contributed by atoms with van der Waals surface area (Å²) < 4.78 is 6.51. The van der Waals surface area contributed by atoms with Crippen LogP contribution in [0.25, 0.3) is 56.2 Å². The molecule has 0 atom stereocenters. The molecule has 1 aromatic heterocycles. The Morgan fingerprint density at radius 3 is 1.34 bits per heavy atom. The highest BCUT2D eigenvalue weighted by molar-refractivity contribution is 5.79. The van der Waals surface area contributed by atoms with E-state index in [1.807, 2.05) is 48.5 Å². The minimum absolute atomic E-state index is 0.546. The van der Waals surface area contributed by atoms with Crippen LogP contribution in [0, 0.1) is 0 Å².